The van der Waals surface area contributed by atoms with E-state index in [1.54, 1.807) is 19.2 Å². The Balaban J connectivity index is 1.89. The van der Waals surface area contributed by atoms with Crippen molar-refractivity contribution in [2.75, 3.05) is 19.0 Å². The molecule has 1 saturated heterocycles. The molecular weight excluding hydrogens is 292 g/mol. The summed E-state index contributed by atoms with van der Waals surface area (Å²) in [5.74, 6) is -0.312. The van der Waals surface area contributed by atoms with Gasteiger partial charge in [-0.2, -0.15) is 0 Å². The molecule has 1 aliphatic heterocycles. The van der Waals surface area contributed by atoms with E-state index in [4.69, 9.17) is 16.3 Å². The monoisotopic (exact) mass is 310 g/mol. The smallest absolute Gasteiger partial charge is 0.251 e. The molecule has 0 unspecified atom stereocenters. The summed E-state index contributed by atoms with van der Waals surface area (Å²) in [6.45, 7) is 0.791. The molecule has 0 bridgehead atoms. The summed E-state index contributed by atoms with van der Waals surface area (Å²) in [6.07, 6.45) is 3.41. The molecule has 1 heterocycles. The summed E-state index contributed by atoms with van der Waals surface area (Å²) in [5.41, 5.74) is 0.974. The average Bonchev–Trinajstić information content (AvgIpc) is 2.99. The second kappa shape index (κ2) is 7.43. The second-order valence-corrected chi connectivity index (χ2v) is 5.40. The van der Waals surface area contributed by atoms with Crippen LogP contribution in [0.15, 0.2) is 18.2 Å². The minimum Gasteiger partial charge on any atom is -0.378 e. The molecule has 6 heteroatoms. The number of halogens is 1. The fourth-order valence-corrected chi connectivity index (χ4v) is 2.51. The number of benzene rings is 1. The van der Waals surface area contributed by atoms with Gasteiger partial charge in [0.05, 0.1) is 16.8 Å². The zero-order valence-electron chi connectivity index (χ0n) is 11.9. The van der Waals surface area contributed by atoms with Crippen molar-refractivity contribution < 1.29 is 14.3 Å². The number of carbonyl (C=O) groups excluding carboxylic acids is 2. The van der Waals surface area contributed by atoms with Crippen molar-refractivity contribution in [3.8, 4) is 0 Å². The number of rotatable bonds is 5. The maximum absolute atomic E-state index is 11.9. The first-order chi connectivity index (χ1) is 10.1. The fourth-order valence-electron chi connectivity index (χ4n) is 2.28. The van der Waals surface area contributed by atoms with Gasteiger partial charge in [-0.05, 0) is 37.5 Å². The maximum atomic E-state index is 11.9. The lowest BCUT2D eigenvalue weighted by Gasteiger charge is -2.11. The summed E-state index contributed by atoms with van der Waals surface area (Å²) < 4.78 is 5.48. The highest BCUT2D eigenvalue weighted by Crippen LogP contribution is 2.24. The standard InChI is InChI=1S/C15H19ClN2O3/c1-17-15(20)10-4-6-13(12(16)9-10)18-14(19)7-5-11-3-2-8-21-11/h4,6,9,11H,2-3,5,7-8H2,1H3,(H,17,20)(H,18,19)/t11-/m1/s1. The normalized spacial score (nSPS) is 17.5. The summed E-state index contributed by atoms with van der Waals surface area (Å²) in [6, 6.07) is 4.80. The average molecular weight is 311 g/mol. The van der Waals surface area contributed by atoms with Crippen molar-refractivity contribution in [3.63, 3.8) is 0 Å². The van der Waals surface area contributed by atoms with Crippen LogP contribution in [0.2, 0.25) is 5.02 Å². The van der Waals surface area contributed by atoms with Gasteiger partial charge in [0.25, 0.3) is 5.91 Å². The van der Waals surface area contributed by atoms with E-state index in [1.165, 1.54) is 6.07 Å². The van der Waals surface area contributed by atoms with Gasteiger partial charge in [0, 0.05) is 25.6 Å². The minimum absolute atomic E-state index is 0.0971. The molecule has 0 aromatic heterocycles. The highest BCUT2D eigenvalue weighted by molar-refractivity contribution is 6.34. The van der Waals surface area contributed by atoms with Crippen LogP contribution in [-0.2, 0) is 9.53 Å². The van der Waals surface area contributed by atoms with Gasteiger partial charge in [0.15, 0.2) is 0 Å². The lowest BCUT2D eigenvalue weighted by atomic mass is 10.1. The third-order valence-electron chi connectivity index (χ3n) is 3.45. The lowest BCUT2D eigenvalue weighted by molar-refractivity contribution is -0.116. The van der Waals surface area contributed by atoms with Gasteiger partial charge in [-0.3, -0.25) is 9.59 Å². The predicted molar refractivity (Wildman–Crippen MR) is 81.7 cm³/mol. The highest BCUT2D eigenvalue weighted by Gasteiger charge is 2.17. The molecule has 21 heavy (non-hydrogen) atoms. The molecule has 114 valence electrons. The molecule has 1 fully saturated rings. The Morgan fingerprint density at radius 2 is 2.24 bits per heavy atom. The maximum Gasteiger partial charge on any atom is 0.251 e. The molecule has 5 nitrogen and oxygen atoms in total. The molecule has 1 aromatic rings. The molecule has 0 saturated carbocycles. The number of hydrogen-bond acceptors (Lipinski definition) is 3. The van der Waals surface area contributed by atoms with E-state index in [1.807, 2.05) is 0 Å². The van der Waals surface area contributed by atoms with Gasteiger partial charge < -0.3 is 15.4 Å². The summed E-state index contributed by atoms with van der Waals surface area (Å²) in [7, 11) is 1.55. The topological polar surface area (TPSA) is 67.4 Å². The van der Waals surface area contributed by atoms with Gasteiger partial charge in [0.1, 0.15) is 0 Å². The van der Waals surface area contributed by atoms with Crippen molar-refractivity contribution in [3.05, 3.63) is 28.8 Å². The van der Waals surface area contributed by atoms with E-state index in [9.17, 15) is 9.59 Å². The van der Waals surface area contributed by atoms with Crippen LogP contribution in [0.5, 0.6) is 0 Å². The first-order valence-electron chi connectivity index (χ1n) is 7.03. The molecule has 2 rings (SSSR count). The number of nitrogens with one attached hydrogen (secondary N) is 2. The number of carbonyl (C=O) groups is 2. The van der Waals surface area contributed by atoms with Crippen molar-refractivity contribution in [2.24, 2.45) is 0 Å². The molecule has 2 N–H and O–H groups in total. The van der Waals surface area contributed by atoms with Crippen LogP contribution in [-0.4, -0.2) is 31.6 Å². The van der Waals surface area contributed by atoms with E-state index in [0.29, 0.717) is 22.7 Å². The van der Waals surface area contributed by atoms with Crippen LogP contribution in [0.4, 0.5) is 5.69 Å². The Morgan fingerprint density at radius 3 is 2.86 bits per heavy atom. The summed E-state index contributed by atoms with van der Waals surface area (Å²) in [5, 5.41) is 5.63. The molecule has 1 aromatic carbocycles. The molecule has 1 aliphatic rings. The SMILES string of the molecule is CNC(=O)c1ccc(NC(=O)CC[C@H]2CCCO2)c(Cl)c1. The van der Waals surface area contributed by atoms with Crippen molar-refractivity contribution in [1.29, 1.82) is 0 Å². The van der Waals surface area contributed by atoms with E-state index in [0.717, 1.165) is 25.9 Å². The van der Waals surface area contributed by atoms with Crippen LogP contribution in [0.1, 0.15) is 36.0 Å². The Bertz CT molecular complexity index is 528. The number of anilines is 1. The van der Waals surface area contributed by atoms with Crippen molar-refractivity contribution in [2.45, 2.75) is 31.8 Å². The van der Waals surface area contributed by atoms with Crippen molar-refractivity contribution in [1.82, 2.24) is 5.32 Å². The van der Waals surface area contributed by atoms with Crippen LogP contribution < -0.4 is 10.6 Å². The summed E-state index contributed by atoms with van der Waals surface area (Å²) in [4.78, 5) is 23.4. The van der Waals surface area contributed by atoms with Crippen LogP contribution >= 0.6 is 11.6 Å². The van der Waals surface area contributed by atoms with E-state index in [2.05, 4.69) is 10.6 Å². The minimum atomic E-state index is -0.215. The summed E-state index contributed by atoms with van der Waals surface area (Å²) >= 11 is 6.08. The Labute approximate surface area is 129 Å². The third-order valence-corrected chi connectivity index (χ3v) is 3.76. The number of amides is 2. The number of hydrogen-bond donors (Lipinski definition) is 2. The molecular formula is C15H19ClN2O3. The largest absolute Gasteiger partial charge is 0.378 e. The first-order valence-corrected chi connectivity index (χ1v) is 7.41. The first kappa shape index (κ1) is 15.8. The molecule has 1 atom stereocenters. The van der Waals surface area contributed by atoms with Gasteiger partial charge >= 0.3 is 0 Å². The zero-order chi connectivity index (χ0) is 15.2. The van der Waals surface area contributed by atoms with Crippen LogP contribution in [0, 0.1) is 0 Å². The molecule has 0 radical (unpaired) electrons. The van der Waals surface area contributed by atoms with E-state index < -0.39 is 0 Å². The van der Waals surface area contributed by atoms with Gasteiger partial charge in [-0.15, -0.1) is 0 Å². The zero-order valence-corrected chi connectivity index (χ0v) is 12.7. The van der Waals surface area contributed by atoms with E-state index in [-0.39, 0.29) is 17.9 Å². The van der Waals surface area contributed by atoms with Crippen molar-refractivity contribution >= 4 is 29.1 Å². The van der Waals surface area contributed by atoms with E-state index >= 15 is 0 Å². The second-order valence-electron chi connectivity index (χ2n) is 5.00. The molecule has 0 aliphatic carbocycles. The van der Waals surface area contributed by atoms with Gasteiger partial charge in [-0.1, -0.05) is 11.6 Å². The Hall–Kier alpha value is -1.59. The van der Waals surface area contributed by atoms with Crippen LogP contribution in [0.3, 0.4) is 0 Å². The quantitative estimate of drug-likeness (QED) is 0.878. The van der Waals surface area contributed by atoms with Gasteiger partial charge in [-0.25, -0.2) is 0 Å². The predicted octanol–water partition coefficient (Wildman–Crippen LogP) is 2.60. The lowest BCUT2D eigenvalue weighted by Crippen LogP contribution is -2.18. The fraction of sp³-hybridized carbons (Fsp3) is 0.467. The molecule has 0 spiro atoms. The Morgan fingerprint density at radius 1 is 1.43 bits per heavy atom. The third kappa shape index (κ3) is 4.44. The molecule has 2 amide bonds. The van der Waals surface area contributed by atoms with Crippen LogP contribution in [0.25, 0.3) is 0 Å². The highest BCUT2D eigenvalue weighted by atomic mass is 35.5. The number of ether oxygens (including phenoxy) is 1. The van der Waals surface area contributed by atoms with Gasteiger partial charge in [0.2, 0.25) is 5.91 Å². The Kier molecular flexibility index (Phi) is 5.59.